The second kappa shape index (κ2) is 5.37. The number of nitrogens with two attached hydrogens (primary N) is 1. The highest BCUT2D eigenvalue weighted by molar-refractivity contribution is 5.05. The van der Waals surface area contributed by atoms with Crippen LogP contribution in [0.5, 0.6) is 0 Å². The highest BCUT2D eigenvalue weighted by Gasteiger charge is 2.28. The number of rotatable bonds is 6. The Labute approximate surface area is 96.7 Å². The van der Waals surface area contributed by atoms with E-state index in [1.165, 1.54) is 12.8 Å². The fourth-order valence-electron chi connectivity index (χ4n) is 1.98. The zero-order valence-electron chi connectivity index (χ0n) is 9.76. The standard InChI is InChI=1S/C12H20N4/c1-9(10-2-3-10)7-15-12(6-13)11-4-5-14-8-16-11/h4-5,8-10,12,15H,2-3,6-7,13H2,1H3. The maximum Gasteiger partial charge on any atom is 0.115 e. The number of aromatic nitrogens is 2. The molecule has 0 spiro atoms. The molecule has 1 heterocycles. The van der Waals surface area contributed by atoms with Crippen molar-refractivity contribution >= 4 is 0 Å². The lowest BCUT2D eigenvalue weighted by Gasteiger charge is -2.19. The summed E-state index contributed by atoms with van der Waals surface area (Å²) >= 11 is 0. The van der Waals surface area contributed by atoms with E-state index in [2.05, 4.69) is 22.2 Å². The summed E-state index contributed by atoms with van der Waals surface area (Å²) in [5.74, 6) is 1.67. The van der Waals surface area contributed by atoms with Crippen LogP contribution >= 0.6 is 0 Å². The van der Waals surface area contributed by atoms with Crippen molar-refractivity contribution in [2.45, 2.75) is 25.8 Å². The first-order valence-electron chi connectivity index (χ1n) is 6.00. The molecule has 88 valence electrons. The molecule has 4 heteroatoms. The molecular weight excluding hydrogens is 200 g/mol. The summed E-state index contributed by atoms with van der Waals surface area (Å²) in [5, 5.41) is 3.49. The Kier molecular flexibility index (Phi) is 3.85. The van der Waals surface area contributed by atoms with Gasteiger partial charge < -0.3 is 11.1 Å². The predicted octanol–water partition coefficient (Wildman–Crippen LogP) is 1.11. The van der Waals surface area contributed by atoms with E-state index in [9.17, 15) is 0 Å². The van der Waals surface area contributed by atoms with Crippen LogP contribution in [0.15, 0.2) is 18.6 Å². The van der Waals surface area contributed by atoms with Crippen LogP contribution in [-0.4, -0.2) is 23.1 Å². The molecule has 0 saturated heterocycles. The van der Waals surface area contributed by atoms with Crippen LogP contribution in [0.4, 0.5) is 0 Å². The number of nitrogens with one attached hydrogen (secondary N) is 1. The Morgan fingerprint density at radius 2 is 2.38 bits per heavy atom. The molecule has 2 unspecified atom stereocenters. The average molecular weight is 220 g/mol. The van der Waals surface area contributed by atoms with E-state index in [1.54, 1.807) is 12.5 Å². The first-order valence-corrected chi connectivity index (χ1v) is 6.00. The van der Waals surface area contributed by atoms with E-state index >= 15 is 0 Å². The van der Waals surface area contributed by atoms with E-state index in [0.717, 1.165) is 24.1 Å². The summed E-state index contributed by atoms with van der Waals surface area (Å²) in [6, 6.07) is 2.08. The first kappa shape index (κ1) is 11.5. The molecule has 2 atom stereocenters. The van der Waals surface area contributed by atoms with Gasteiger partial charge >= 0.3 is 0 Å². The minimum Gasteiger partial charge on any atom is -0.329 e. The van der Waals surface area contributed by atoms with Gasteiger partial charge in [0.25, 0.3) is 0 Å². The van der Waals surface area contributed by atoms with Crippen LogP contribution in [0.25, 0.3) is 0 Å². The average Bonchev–Trinajstić information content (AvgIpc) is 3.15. The Balaban J connectivity index is 1.85. The molecule has 0 bridgehead atoms. The van der Waals surface area contributed by atoms with Gasteiger partial charge in [0.2, 0.25) is 0 Å². The van der Waals surface area contributed by atoms with Crippen LogP contribution in [0.3, 0.4) is 0 Å². The van der Waals surface area contributed by atoms with Crippen LogP contribution in [0.2, 0.25) is 0 Å². The van der Waals surface area contributed by atoms with E-state index in [-0.39, 0.29) is 6.04 Å². The minimum absolute atomic E-state index is 0.157. The second-order valence-corrected chi connectivity index (χ2v) is 4.65. The Hall–Kier alpha value is -1.00. The number of hydrogen-bond donors (Lipinski definition) is 2. The minimum atomic E-state index is 0.157. The summed E-state index contributed by atoms with van der Waals surface area (Å²) in [5.41, 5.74) is 6.75. The van der Waals surface area contributed by atoms with Crippen LogP contribution in [0.1, 0.15) is 31.5 Å². The van der Waals surface area contributed by atoms with Gasteiger partial charge in [-0.2, -0.15) is 0 Å². The van der Waals surface area contributed by atoms with Gasteiger partial charge in [-0.15, -0.1) is 0 Å². The molecule has 0 radical (unpaired) electrons. The lowest BCUT2D eigenvalue weighted by Crippen LogP contribution is -2.32. The van der Waals surface area contributed by atoms with E-state index in [0.29, 0.717) is 6.54 Å². The maximum atomic E-state index is 5.76. The molecule has 1 saturated carbocycles. The Morgan fingerprint density at radius 3 is 2.94 bits per heavy atom. The normalized spacial score (nSPS) is 19.4. The lowest BCUT2D eigenvalue weighted by atomic mass is 10.1. The molecule has 16 heavy (non-hydrogen) atoms. The van der Waals surface area contributed by atoms with Crippen LogP contribution in [-0.2, 0) is 0 Å². The highest BCUT2D eigenvalue weighted by Crippen LogP contribution is 2.36. The predicted molar refractivity (Wildman–Crippen MR) is 63.7 cm³/mol. The van der Waals surface area contributed by atoms with Gasteiger partial charge in [0, 0.05) is 12.7 Å². The van der Waals surface area contributed by atoms with Gasteiger partial charge in [-0.3, -0.25) is 0 Å². The second-order valence-electron chi connectivity index (χ2n) is 4.65. The number of nitrogens with zero attached hydrogens (tertiary/aromatic N) is 2. The largest absolute Gasteiger partial charge is 0.329 e. The fourth-order valence-corrected chi connectivity index (χ4v) is 1.98. The topological polar surface area (TPSA) is 63.8 Å². The first-order chi connectivity index (χ1) is 7.81. The molecular formula is C12H20N4. The van der Waals surface area contributed by atoms with Gasteiger partial charge in [0.15, 0.2) is 0 Å². The molecule has 2 rings (SSSR count). The molecule has 0 aromatic carbocycles. The molecule has 0 amide bonds. The summed E-state index contributed by atoms with van der Waals surface area (Å²) in [4.78, 5) is 8.15. The quantitative estimate of drug-likeness (QED) is 0.754. The van der Waals surface area contributed by atoms with E-state index in [4.69, 9.17) is 5.73 Å². The zero-order chi connectivity index (χ0) is 11.4. The Bertz CT molecular complexity index is 310. The number of hydrogen-bond acceptors (Lipinski definition) is 4. The monoisotopic (exact) mass is 220 g/mol. The van der Waals surface area contributed by atoms with Gasteiger partial charge in [-0.1, -0.05) is 6.92 Å². The molecule has 1 aliphatic rings. The van der Waals surface area contributed by atoms with Crippen molar-refractivity contribution in [3.05, 3.63) is 24.3 Å². The van der Waals surface area contributed by atoms with Crippen molar-refractivity contribution in [1.82, 2.24) is 15.3 Å². The SMILES string of the molecule is CC(CNC(CN)c1ccncn1)C1CC1. The summed E-state index contributed by atoms with van der Waals surface area (Å²) in [6.07, 6.45) is 6.12. The summed E-state index contributed by atoms with van der Waals surface area (Å²) in [7, 11) is 0. The van der Waals surface area contributed by atoms with Gasteiger partial charge in [0.1, 0.15) is 6.33 Å². The molecule has 1 fully saturated rings. The summed E-state index contributed by atoms with van der Waals surface area (Å²) in [6.45, 7) is 3.91. The van der Waals surface area contributed by atoms with Gasteiger partial charge in [0.05, 0.1) is 11.7 Å². The molecule has 1 aliphatic carbocycles. The third kappa shape index (κ3) is 3.00. The van der Waals surface area contributed by atoms with Crippen LogP contribution in [0, 0.1) is 11.8 Å². The van der Waals surface area contributed by atoms with Crippen molar-refractivity contribution in [3.8, 4) is 0 Å². The molecule has 0 aliphatic heterocycles. The fraction of sp³-hybridized carbons (Fsp3) is 0.667. The third-order valence-corrected chi connectivity index (χ3v) is 3.31. The van der Waals surface area contributed by atoms with E-state index < -0.39 is 0 Å². The molecule has 3 N–H and O–H groups in total. The van der Waals surface area contributed by atoms with Gasteiger partial charge in [-0.25, -0.2) is 9.97 Å². The van der Waals surface area contributed by atoms with Crippen molar-refractivity contribution < 1.29 is 0 Å². The van der Waals surface area contributed by atoms with Crippen molar-refractivity contribution in [2.75, 3.05) is 13.1 Å². The summed E-state index contributed by atoms with van der Waals surface area (Å²) < 4.78 is 0. The van der Waals surface area contributed by atoms with Gasteiger partial charge in [-0.05, 0) is 37.3 Å². The van der Waals surface area contributed by atoms with Crippen molar-refractivity contribution in [3.63, 3.8) is 0 Å². The molecule has 4 nitrogen and oxygen atoms in total. The zero-order valence-corrected chi connectivity index (χ0v) is 9.76. The third-order valence-electron chi connectivity index (χ3n) is 3.31. The van der Waals surface area contributed by atoms with E-state index in [1.807, 2.05) is 6.07 Å². The van der Waals surface area contributed by atoms with Crippen molar-refractivity contribution in [1.29, 1.82) is 0 Å². The molecule has 1 aromatic rings. The molecule has 1 aromatic heterocycles. The maximum absolute atomic E-state index is 5.76. The lowest BCUT2D eigenvalue weighted by molar-refractivity contribution is 0.418. The highest BCUT2D eigenvalue weighted by atomic mass is 15.0. The Morgan fingerprint density at radius 1 is 1.56 bits per heavy atom. The smallest absolute Gasteiger partial charge is 0.115 e. The van der Waals surface area contributed by atoms with Crippen molar-refractivity contribution in [2.24, 2.45) is 17.6 Å². The van der Waals surface area contributed by atoms with Crippen LogP contribution < -0.4 is 11.1 Å².